The predicted octanol–water partition coefficient (Wildman–Crippen LogP) is 0.895. The van der Waals surface area contributed by atoms with Crippen LogP contribution in [0.5, 0.6) is 0 Å². The van der Waals surface area contributed by atoms with Gasteiger partial charge < -0.3 is 14.8 Å². The Labute approximate surface area is 125 Å². The number of pyridine rings is 1. The summed E-state index contributed by atoms with van der Waals surface area (Å²) in [6.07, 6.45) is 1.29. The molecule has 21 heavy (non-hydrogen) atoms. The zero-order valence-electron chi connectivity index (χ0n) is 12.7. The van der Waals surface area contributed by atoms with Gasteiger partial charge in [-0.25, -0.2) is 17.7 Å². The summed E-state index contributed by atoms with van der Waals surface area (Å²) in [7, 11) is -0.468. The van der Waals surface area contributed by atoms with Crippen LogP contribution in [0.2, 0.25) is 0 Å². The molecule has 0 amide bonds. The Kier molecular flexibility index (Phi) is 4.52. The average Bonchev–Trinajstić information content (AvgIpc) is 2.76. The summed E-state index contributed by atoms with van der Waals surface area (Å²) in [5.74, 6) is 0.0460. The lowest BCUT2D eigenvalue weighted by Crippen LogP contribution is -2.26. The third kappa shape index (κ3) is 3.91. The van der Waals surface area contributed by atoms with E-state index in [9.17, 15) is 8.42 Å². The van der Waals surface area contributed by atoms with Gasteiger partial charge in [-0.15, -0.1) is 0 Å². The van der Waals surface area contributed by atoms with Crippen molar-refractivity contribution in [1.82, 2.24) is 9.29 Å². The summed E-state index contributed by atoms with van der Waals surface area (Å²) < 4.78 is 36.1. The van der Waals surface area contributed by atoms with Gasteiger partial charge in [0.2, 0.25) is 10.0 Å². The van der Waals surface area contributed by atoms with Crippen molar-refractivity contribution in [2.75, 3.05) is 32.6 Å². The molecule has 0 radical (unpaired) electrons. The lowest BCUT2D eigenvalue weighted by molar-refractivity contribution is -0.136. The topological polar surface area (TPSA) is 80.8 Å². The number of sulfonamides is 1. The minimum atomic E-state index is -3.44. The van der Waals surface area contributed by atoms with Gasteiger partial charge in [0.1, 0.15) is 16.8 Å². The molecule has 1 aliphatic rings. The first-order valence-electron chi connectivity index (χ1n) is 6.65. The third-order valence-corrected chi connectivity index (χ3v) is 4.89. The highest BCUT2D eigenvalue weighted by molar-refractivity contribution is 7.89. The molecule has 1 aromatic rings. The summed E-state index contributed by atoms with van der Waals surface area (Å²) >= 11 is 0. The van der Waals surface area contributed by atoms with Crippen molar-refractivity contribution < 1.29 is 17.9 Å². The van der Waals surface area contributed by atoms with E-state index in [1.54, 1.807) is 6.07 Å². The van der Waals surface area contributed by atoms with E-state index in [0.29, 0.717) is 19.0 Å². The Morgan fingerprint density at radius 3 is 2.62 bits per heavy atom. The molecule has 2 heterocycles. The molecule has 1 saturated heterocycles. The highest BCUT2D eigenvalue weighted by atomic mass is 32.2. The zero-order chi connectivity index (χ0) is 15.7. The first-order valence-corrected chi connectivity index (χ1v) is 8.09. The van der Waals surface area contributed by atoms with E-state index in [-0.39, 0.29) is 11.0 Å². The quantitative estimate of drug-likeness (QED) is 0.869. The molecule has 7 nitrogen and oxygen atoms in total. The average molecular weight is 315 g/mol. The molecule has 1 aromatic heterocycles. The molecule has 118 valence electrons. The minimum absolute atomic E-state index is 0.0491. The fourth-order valence-electron chi connectivity index (χ4n) is 1.93. The molecule has 8 heteroatoms. The lowest BCUT2D eigenvalue weighted by atomic mass is 10.3. The number of rotatable bonds is 5. The monoisotopic (exact) mass is 315 g/mol. The number of aromatic nitrogens is 1. The Balaban J connectivity index is 1.95. The van der Waals surface area contributed by atoms with Crippen molar-refractivity contribution in [2.24, 2.45) is 0 Å². The molecule has 1 fully saturated rings. The molecule has 2 rings (SSSR count). The normalized spacial score (nSPS) is 21.7. The molecule has 1 atom stereocenters. The number of nitrogens with one attached hydrogen (secondary N) is 1. The van der Waals surface area contributed by atoms with E-state index in [2.05, 4.69) is 10.3 Å². The number of hydrogen-bond donors (Lipinski definition) is 1. The highest BCUT2D eigenvalue weighted by Gasteiger charge is 2.32. The van der Waals surface area contributed by atoms with E-state index < -0.39 is 15.8 Å². The minimum Gasteiger partial charge on any atom is -0.367 e. The van der Waals surface area contributed by atoms with Crippen LogP contribution in [0.15, 0.2) is 23.2 Å². The van der Waals surface area contributed by atoms with Gasteiger partial charge in [0.15, 0.2) is 5.79 Å². The van der Waals surface area contributed by atoms with Crippen molar-refractivity contribution in [2.45, 2.75) is 30.6 Å². The molecular weight excluding hydrogens is 294 g/mol. The van der Waals surface area contributed by atoms with Crippen LogP contribution >= 0.6 is 0 Å². The fourth-order valence-corrected chi connectivity index (χ4v) is 2.78. The summed E-state index contributed by atoms with van der Waals surface area (Å²) in [4.78, 5) is 4.28. The smallest absolute Gasteiger partial charge is 0.244 e. The maximum Gasteiger partial charge on any atom is 0.244 e. The first kappa shape index (κ1) is 16.2. The molecule has 1 unspecified atom stereocenters. The van der Waals surface area contributed by atoms with Crippen molar-refractivity contribution in [3.63, 3.8) is 0 Å². The van der Waals surface area contributed by atoms with Crippen LogP contribution in [0, 0.1) is 0 Å². The third-order valence-electron chi connectivity index (χ3n) is 3.09. The molecule has 0 saturated carbocycles. The van der Waals surface area contributed by atoms with E-state index >= 15 is 0 Å². The number of anilines is 1. The van der Waals surface area contributed by atoms with E-state index in [0.717, 1.165) is 4.31 Å². The summed E-state index contributed by atoms with van der Waals surface area (Å²) in [6, 6.07) is 3.16. The van der Waals surface area contributed by atoms with Gasteiger partial charge in [0.25, 0.3) is 0 Å². The van der Waals surface area contributed by atoms with Crippen molar-refractivity contribution in [1.29, 1.82) is 0 Å². The standard InChI is InChI=1S/C13H21N3O4S/c1-13(2)19-9-10(20-13)7-14-12-6-5-11(8-15-12)21(17,18)16(3)4/h5-6,8,10H,7,9H2,1-4H3,(H,14,15). The van der Waals surface area contributed by atoms with Crippen molar-refractivity contribution in [3.05, 3.63) is 18.3 Å². The summed E-state index contributed by atoms with van der Waals surface area (Å²) in [6.45, 7) is 4.81. The molecule has 1 aliphatic heterocycles. The lowest BCUT2D eigenvalue weighted by Gasteiger charge is -2.17. The zero-order valence-corrected chi connectivity index (χ0v) is 13.5. The van der Waals surface area contributed by atoms with Crippen LogP contribution in [0.1, 0.15) is 13.8 Å². The molecule has 1 N–H and O–H groups in total. The molecule has 0 aromatic carbocycles. The van der Waals surface area contributed by atoms with Crippen LogP contribution in [0.4, 0.5) is 5.82 Å². The van der Waals surface area contributed by atoms with Crippen LogP contribution < -0.4 is 5.32 Å². The van der Waals surface area contributed by atoms with Crippen LogP contribution in [0.25, 0.3) is 0 Å². The summed E-state index contributed by atoms with van der Waals surface area (Å²) in [5, 5.41) is 3.11. The van der Waals surface area contributed by atoms with Crippen molar-refractivity contribution in [3.8, 4) is 0 Å². The Hall–Kier alpha value is -1.22. The number of ether oxygens (including phenoxy) is 2. The van der Waals surface area contributed by atoms with E-state index in [4.69, 9.17) is 9.47 Å². The van der Waals surface area contributed by atoms with Crippen LogP contribution in [-0.2, 0) is 19.5 Å². The van der Waals surface area contributed by atoms with Gasteiger partial charge in [0.05, 0.1) is 6.61 Å². The van der Waals surface area contributed by atoms with Crippen LogP contribution in [-0.4, -0.2) is 56.8 Å². The molecular formula is C13H21N3O4S. The second-order valence-corrected chi connectivity index (χ2v) is 7.65. The van der Waals surface area contributed by atoms with E-state index in [1.165, 1.54) is 26.4 Å². The van der Waals surface area contributed by atoms with Gasteiger partial charge in [-0.3, -0.25) is 0 Å². The number of nitrogens with zero attached hydrogens (tertiary/aromatic N) is 2. The Bertz CT molecular complexity index is 584. The van der Waals surface area contributed by atoms with Gasteiger partial charge in [-0.05, 0) is 26.0 Å². The Morgan fingerprint density at radius 2 is 2.14 bits per heavy atom. The maximum atomic E-state index is 11.9. The second-order valence-electron chi connectivity index (χ2n) is 5.50. The van der Waals surface area contributed by atoms with Gasteiger partial charge in [-0.2, -0.15) is 0 Å². The fraction of sp³-hybridized carbons (Fsp3) is 0.615. The molecule has 0 bridgehead atoms. The number of hydrogen-bond acceptors (Lipinski definition) is 6. The van der Waals surface area contributed by atoms with Gasteiger partial charge in [0, 0.05) is 26.8 Å². The Morgan fingerprint density at radius 1 is 1.43 bits per heavy atom. The van der Waals surface area contributed by atoms with Gasteiger partial charge >= 0.3 is 0 Å². The largest absolute Gasteiger partial charge is 0.367 e. The molecule has 0 aliphatic carbocycles. The predicted molar refractivity (Wildman–Crippen MR) is 78.5 cm³/mol. The van der Waals surface area contributed by atoms with Crippen LogP contribution in [0.3, 0.4) is 0 Å². The molecule has 0 spiro atoms. The van der Waals surface area contributed by atoms with Gasteiger partial charge in [-0.1, -0.05) is 0 Å². The SMILES string of the molecule is CN(C)S(=O)(=O)c1ccc(NCC2COC(C)(C)O2)nc1. The summed E-state index contributed by atoms with van der Waals surface area (Å²) in [5.41, 5.74) is 0. The highest BCUT2D eigenvalue weighted by Crippen LogP contribution is 2.22. The maximum absolute atomic E-state index is 11.9. The van der Waals surface area contributed by atoms with E-state index in [1.807, 2.05) is 13.8 Å². The second kappa shape index (κ2) is 5.88. The first-order chi connectivity index (χ1) is 9.71. The van der Waals surface area contributed by atoms with Crippen molar-refractivity contribution >= 4 is 15.8 Å².